The Morgan fingerprint density at radius 3 is 2.64 bits per heavy atom. The average Bonchev–Trinajstić information content (AvgIpc) is 2.91. The number of hydrogen-bond donors (Lipinski definition) is 2. The maximum atomic E-state index is 15.5. The highest BCUT2D eigenvalue weighted by Crippen LogP contribution is 2.67. The maximum Gasteiger partial charge on any atom is 0.190 e. The number of hydrogen-bond acceptors (Lipinski definition) is 5. The molecule has 0 aliphatic heterocycles. The summed E-state index contributed by atoms with van der Waals surface area (Å²) in [5, 5.41) is 20.6. The molecule has 3 fully saturated rings. The van der Waals surface area contributed by atoms with Crippen molar-refractivity contribution in [1.29, 1.82) is 0 Å². The number of carbonyl (C=O) groups excluding carboxylic acids is 3. The Bertz CT molecular complexity index is 796. The minimum atomic E-state index is -1.77. The first kappa shape index (κ1) is 20.4. The molecule has 2 N–H and O–H groups in total. The van der Waals surface area contributed by atoms with E-state index in [0.717, 1.165) is 0 Å². The number of rotatable bonds is 2. The van der Waals surface area contributed by atoms with Crippen molar-refractivity contribution in [3.05, 3.63) is 11.6 Å². The lowest BCUT2D eigenvalue weighted by Crippen LogP contribution is -2.64. The molecule has 4 aliphatic rings. The topological polar surface area (TPSA) is 91.7 Å². The lowest BCUT2D eigenvalue weighted by molar-refractivity contribution is -0.171. The van der Waals surface area contributed by atoms with Crippen LogP contribution in [0.3, 0.4) is 0 Å². The maximum absolute atomic E-state index is 15.5. The molecule has 8 atom stereocenters. The van der Waals surface area contributed by atoms with Crippen molar-refractivity contribution in [2.75, 3.05) is 6.61 Å². The van der Waals surface area contributed by atoms with Crippen LogP contribution in [0.4, 0.5) is 4.39 Å². The van der Waals surface area contributed by atoms with Gasteiger partial charge in [-0.05, 0) is 42.7 Å². The molecule has 0 saturated heterocycles. The monoisotopic (exact) mass is 456 g/mol. The van der Waals surface area contributed by atoms with Gasteiger partial charge in [0.1, 0.15) is 24.2 Å². The summed E-state index contributed by atoms with van der Waals surface area (Å²) in [6, 6.07) is 0. The SMILES string of the molecule is C[C@]12CCC(=O)C=C1C(F)C(Br)[C@@H]1[C@@H]2C(=O)C[C@@]2(C)[C@H]1CC[C@]2(O)C(=O)CO. The standard InChI is InChI=1S/C21H26BrFO5/c1-19-5-3-10(25)7-12(19)18(23)17(22)15-11-4-6-21(28,14(27)9-24)20(11,2)8-13(26)16(15)19/h7,11,15-18,24,28H,3-6,8-9H2,1-2H3/t11-,15-,16-,17?,18?,19-,20-,21-/m0/s1. The summed E-state index contributed by atoms with van der Waals surface area (Å²) in [6.45, 7) is 2.84. The van der Waals surface area contributed by atoms with Gasteiger partial charge in [0.15, 0.2) is 11.6 Å². The Labute approximate surface area is 171 Å². The summed E-state index contributed by atoms with van der Waals surface area (Å²) < 4.78 is 15.5. The molecule has 0 aromatic carbocycles. The van der Waals surface area contributed by atoms with Crippen molar-refractivity contribution < 1.29 is 29.0 Å². The molecule has 0 aromatic heterocycles. The van der Waals surface area contributed by atoms with E-state index in [-0.39, 0.29) is 36.2 Å². The first-order valence-electron chi connectivity index (χ1n) is 9.93. The van der Waals surface area contributed by atoms with Crippen LogP contribution < -0.4 is 0 Å². The van der Waals surface area contributed by atoms with Crippen molar-refractivity contribution in [1.82, 2.24) is 0 Å². The molecule has 0 aromatic rings. The van der Waals surface area contributed by atoms with E-state index < -0.39 is 45.7 Å². The second-order valence-corrected chi connectivity index (χ2v) is 10.6. The number of alkyl halides is 2. The van der Waals surface area contributed by atoms with Crippen LogP contribution in [0.5, 0.6) is 0 Å². The van der Waals surface area contributed by atoms with Gasteiger partial charge in [0, 0.05) is 29.6 Å². The summed E-state index contributed by atoms with van der Waals surface area (Å²) in [5.74, 6) is -1.92. The third kappa shape index (κ3) is 2.33. The van der Waals surface area contributed by atoms with Gasteiger partial charge in [-0.3, -0.25) is 14.4 Å². The smallest absolute Gasteiger partial charge is 0.190 e. The second kappa shape index (κ2) is 6.29. The van der Waals surface area contributed by atoms with Crippen LogP contribution >= 0.6 is 15.9 Å². The third-order valence-corrected chi connectivity index (χ3v) is 9.50. The molecule has 28 heavy (non-hydrogen) atoms. The van der Waals surface area contributed by atoms with Crippen molar-refractivity contribution in [3.63, 3.8) is 0 Å². The van der Waals surface area contributed by atoms with Crippen LogP contribution in [0.15, 0.2) is 11.6 Å². The first-order valence-corrected chi connectivity index (χ1v) is 10.8. The zero-order chi connectivity index (χ0) is 20.6. The summed E-state index contributed by atoms with van der Waals surface area (Å²) >= 11 is 3.49. The number of carbonyl (C=O) groups is 3. The van der Waals surface area contributed by atoms with E-state index in [4.69, 9.17) is 0 Å². The Hall–Kier alpha value is -0.920. The summed E-state index contributed by atoms with van der Waals surface area (Å²) in [7, 11) is 0. The zero-order valence-corrected chi connectivity index (χ0v) is 17.7. The number of halogens is 2. The minimum absolute atomic E-state index is 0.0224. The number of aliphatic hydroxyl groups is 2. The van der Waals surface area contributed by atoms with E-state index in [1.807, 2.05) is 6.92 Å². The van der Waals surface area contributed by atoms with Crippen LogP contribution in [0.2, 0.25) is 0 Å². The normalized spacial score (nSPS) is 50.5. The highest BCUT2D eigenvalue weighted by molar-refractivity contribution is 9.09. The number of Topliss-reactive ketones (excluding diaryl/α,β-unsaturated/α-hetero) is 2. The number of aliphatic hydroxyl groups excluding tert-OH is 1. The summed E-state index contributed by atoms with van der Waals surface area (Å²) in [5.41, 5.74) is -3.12. The Kier molecular flexibility index (Phi) is 4.57. The molecular weight excluding hydrogens is 431 g/mol. The molecule has 4 aliphatic carbocycles. The lowest BCUT2D eigenvalue weighted by atomic mass is 9.45. The van der Waals surface area contributed by atoms with Crippen molar-refractivity contribution in [2.24, 2.45) is 28.6 Å². The predicted molar refractivity (Wildman–Crippen MR) is 103 cm³/mol. The fraction of sp³-hybridized carbons (Fsp3) is 0.762. The summed E-state index contributed by atoms with van der Waals surface area (Å²) in [6.07, 6.45) is 1.41. The molecule has 0 heterocycles. The molecule has 0 radical (unpaired) electrons. The summed E-state index contributed by atoms with van der Waals surface area (Å²) in [4.78, 5) is 37.1. The van der Waals surface area contributed by atoms with Gasteiger partial charge >= 0.3 is 0 Å². The number of allylic oxidation sites excluding steroid dienone is 1. The molecule has 0 amide bonds. The van der Waals surface area contributed by atoms with E-state index in [2.05, 4.69) is 15.9 Å². The van der Waals surface area contributed by atoms with Crippen LogP contribution in [0.1, 0.15) is 46.0 Å². The Morgan fingerprint density at radius 1 is 1.32 bits per heavy atom. The molecular formula is C21H26BrFO5. The van der Waals surface area contributed by atoms with E-state index >= 15 is 4.39 Å². The zero-order valence-electron chi connectivity index (χ0n) is 16.1. The van der Waals surface area contributed by atoms with Gasteiger partial charge in [-0.15, -0.1) is 0 Å². The molecule has 4 rings (SSSR count). The predicted octanol–water partition coefficient (Wildman–Crippen LogP) is 2.31. The third-order valence-electron chi connectivity index (χ3n) is 8.42. The van der Waals surface area contributed by atoms with Crippen LogP contribution in [0.25, 0.3) is 0 Å². The lowest BCUT2D eigenvalue weighted by Gasteiger charge is -2.59. The van der Waals surface area contributed by atoms with Gasteiger partial charge in [-0.2, -0.15) is 0 Å². The van der Waals surface area contributed by atoms with Gasteiger partial charge in [0.2, 0.25) is 0 Å². The molecule has 2 unspecified atom stereocenters. The van der Waals surface area contributed by atoms with Crippen molar-refractivity contribution in [2.45, 2.75) is 62.6 Å². The van der Waals surface area contributed by atoms with E-state index in [0.29, 0.717) is 24.8 Å². The van der Waals surface area contributed by atoms with Crippen LogP contribution in [-0.2, 0) is 14.4 Å². The average molecular weight is 457 g/mol. The highest BCUT2D eigenvalue weighted by Gasteiger charge is 2.70. The number of fused-ring (bicyclic) bond motifs is 5. The van der Waals surface area contributed by atoms with E-state index in [9.17, 15) is 24.6 Å². The van der Waals surface area contributed by atoms with E-state index in [1.165, 1.54) is 6.08 Å². The van der Waals surface area contributed by atoms with Gasteiger partial charge in [-0.25, -0.2) is 4.39 Å². The Morgan fingerprint density at radius 2 is 2.00 bits per heavy atom. The van der Waals surface area contributed by atoms with Gasteiger partial charge in [0.25, 0.3) is 0 Å². The van der Waals surface area contributed by atoms with Gasteiger partial charge < -0.3 is 10.2 Å². The van der Waals surface area contributed by atoms with Gasteiger partial charge in [0.05, 0.1) is 4.83 Å². The van der Waals surface area contributed by atoms with E-state index in [1.54, 1.807) is 6.92 Å². The van der Waals surface area contributed by atoms with Gasteiger partial charge in [-0.1, -0.05) is 29.8 Å². The molecule has 154 valence electrons. The molecule has 3 saturated carbocycles. The first-order chi connectivity index (χ1) is 13.0. The molecule has 7 heteroatoms. The number of ketones is 3. The fourth-order valence-corrected chi connectivity index (χ4v) is 7.86. The molecule has 0 spiro atoms. The van der Waals surface area contributed by atoms with Crippen molar-refractivity contribution >= 4 is 33.3 Å². The van der Waals surface area contributed by atoms with Crippen LogP contribution in [-0.4, -0.2) is 50.8 Å². The van der Waals surface area contributed by atoms with Crippen LogP contribution in [0, 0.1) is 28.6 Å². The molecule has 5 nitrogen and oxygen atoms in total. The fourth-order valence-electron chi connectivity index (χ4n) is 6.90. The largest absolute Gasteiger partial charge is 0.388 e. The molecule has 0 bridgehead atoms. The quantitative estimate of drug-likeness (QED) is 0.622. The highest BCUT2D eigenvalue weighted by atomic mass is 79.9. The minimum Gasteiger partial charge on any atom is -0.388 e. The van der Waals surface area contributed by atoms with Crippen molar-refractivity contribution in [3.8, 4) is 0 Å². The Balaban J connectivity index is 1.83. The second-order valence-electron chi connectivity index (χ2n) is 9.53.